The molecule has 2 fully saturated rings. The van der Waals surface area contributed by atoms with Crippen molar-refractivity contribution < 1.29 is 13.2 Å². The summed E-state index contributed by atoms with van der Waals surface area (Å²) in [6, 6.07) is 0.807. The highest BCUT2D eigenvalue weighted by atomic mass is 19.4. The minimum Gasteiger partial charge on any atom is -0.311 e. The lowest BCUT2D eigenvalue weighted by molar-refractivity contribution is -0.182. The Morgan fingerprint density at radius 2 is 1.56 bits per heavy atom. The van der Waals surface area contributed by atoms with E-state index in [0.717, 1.165) is 5.92 Å². The van der Waals surface area contributed by atoms with E-state index in [1.54, 1.807) is 0 Å². The van der Waals surface area contributed by atoms with Crippen LogP contribution in [0.4, 0.5) is 13.2 Å². The lowest BCUT2D eigenvalue weighted by atomic mass is 9.85. The summed E-state index contributed by atoms with van der Waals surface area (Å²) in [4.78, 5) is 0. The zero-order chi connectivity index (χ0) is 11.8. The molecule has 4 heteroatoms. The number of rotatable bonds is 3. The van der Waals surface area contributed by atoms with Crippen molar-refractivity contribution in [1.82, 2.24) is 5.32 Å². The Bertz CT molecular complexity index is 227. The lowest BCUT2D eigenvalue weighted by Crippen LogP contribution is -2.41. The second kappa shape index (κ2) is 4.55. The topological polar surface area (TPSA) is 12.0 Å². The Kier molecular flexibility index (Phi) is 3.48. The first-order valence-corrected chi connectivity index (χ1v) is 6.29. The molecule has 94 valence electrons. The SMILES string of the molecule is CC(NC1CCC(C(F)(F)F)CC1)C1CC1. The molecular formula is C12H20F3N. The van der Waals surface area contributed by atoms with Crippen molar-refractivity contribution in [3.05, 3.63) is 0 Å². The van der Waals surface area contributed by atoms with E-state index < -0.39 is 12.1 Å². The Hall–Kier alpha value is -0.250. The van der Waals surface area contributed by atoms with Crippen LogP contribution in [0.1, 0.15) is 45.4 Å². The number of hydrogen-bond acceptors (Lipinski definition) is 1. The summed E-state index contributed by atoms with van der Waals surface area (Å²) in [7, 11) is 0. The van der Waals surface area contributed by atoms with Gasteiger partial charge in [0.05, 0.1) is 5.92 Å². The molecule has 0 amide bonds. The van der Waals surface area contributed by atoms with Crippen molar-refractivity contribution in [3.8, 4) is 0 Å². The van der Waals surface area contributed by atoms with Crippen LogP contribution in [0.5, 0.6) is 0 Å². The van der Waals surface area contributed by atoms with Crippen molar-refractivity contribution >= 4 is 0 Å². The van der Waals surface area contributed by atoms with Gasteiger partial charge in [-0.15, -0.1) is 0 Å². The van der Waals surface area contributed by atoms with E-state index in [4.69, 9.17) is 0 Å². The molecule has 0 saturated heterocycles. The molecule has 1 unspecified atom stereocenters. The van der Waals surface area contributed by atoms with Gasteiger partial charge in [-0.2, -0.15) is 13.2 Å². The standard InChI is InChI=1S/C12H20F3N/c1-8(9-2-3-9)16-11-6-4-10(5-7-11)12(13,14)15/h8-11,16H,2-7H2,1H3. The predicted molar refractivity (Wildman–Crippen MR) is 57.1 cm³/mol. The van der Waals surface area contributed by atoms with Gasteiger partial charge in [-0.05, 0) is 51.4 Å². The van der Waals surface area contributed by atoms with Crippen LogP contribution in [0.25, 0.3) is 0 Å². The molecule has 0 aromatic carbocycles. The summed E-state index contributed by atoms with van der Waals surface area (Å²) in [5.74, 6) is -0.276. The maximum Gasteiger partial charge on any atom is 0.391 e. The molecule has 2 rings (SSSR count). The molecule has 16 heavy (non-hydrogen) atoms. The average Bonchev–Trinajstić information content (AvgIpc) is 3.00. The molecule has 1 atom stereocenters. The van der Waals surface area contributed by atoms with Gasteiger partial charge < -0.3 is 5.32 Å². The van der Waals surface area contributed by atoms with Crippen LogP contribution in [-0.4, -0.2) is 18.3 Å². The Morgan fingerprint density at radius 1 is 1.00 bits per heavy atom. The zero-order valence-corrected chi connectivity index (χ0v) is 9.69. The highest BCUT2D eigenvalue weighted by molar-refractivity contribution is 4.88. The van der Waals surface area contributed by atoms with Crippen molar-refractivity contribution in [2.45, 2.75) is 63.7 Å². The first-order valence-electron chi connectivity index (χ1n) is 6.29. The second-order valence-corrected chi connectivity index (χ2v) is 5.38. The first-order chi connectivity index (χ1) is 7.47. The predicted octanol–water partition coefficient (Wildman–Crippen LogP) is 3.50. The van der Waals surface area contributed by atoms with Gasteiger partial charge in [0.2, 0.25) is 0 Å². The highest BCUT2D eigenvalue weighted by Crippen LogP contribution is 2.38. The van der Waals surface area contributed by atoms with Gasteiger partial charge in [0.1, 0.15) is 0 Å². The fourth-order valence-corrected chi connectivity index (χ4v) is 2.69. The molecule has 0 aromatic heterocycles. The minimum absolute atomic E-state index is 0.304. The summed E-state index contributed by atoms with van der Waals surface area (Å²) >= 11 is 0. The third kappa shape index (κ3) is 3.12. The molecule has 2 aliphatic rings. The van der Waals surface area contributed by atoms with Gasteiger partial charge in [0.25, 0.3) is 0 Å². The van der Waals surface area contributed by atoms with Crippen LogP contribution in [-0.2, 0) is 0 Å². The Balaban J connectivity index is 1.72. The largest absolute Gasteiger partial charge is 0.391 e. The summed E-state index contributed by atoms with van der Waals surface area (Å²) < 4.78 is 37.3. The third-order valence-corrected chi connectivity index (χ3v) is 4.02. The monoisotopic (exact) mass is 235 g/mol. The van der Waals surface area contributed by atoms with E-state index in [9.17, 15) is 13.2 Å². The van der Waals surface area contributed by atoms with Crippen molar-refractivity contribution in [1.29, 1.82) is 0 Å². The van der Waals surface area contributed by atoms with Crippen LogP contribution in [0, 0.1) is 11.8 Å². The number of nitrogens with one attached hydrogen (secondary N) is 1. The van der Waals surface area contributed by atoms with E-state index in [0.29, 0.717) is 37.8 Å². The van der Waals surface area contributed by atoms with Gasteiger partial charge in [-0.25, -0.2) is 0 Å². The maximum atomic E-state index is 12.4. The van der Waals surface area contributed by atoms with E-state index in [1.165, 1.54) is 12.8 Å². The highest BCUT2D eigenvalue weighted by Gasteiger charge is 2.41. The van der Waals surface area contributed by atoms with Gasteiger partial charge >= 0.3 is 6.18 Å². The molecule has 0 radical (unpaired) electrons. The van der Waals surface area contributed by atoms with Gasteiger partial charge in [0.15, 0.2) is 0 Å². The summed E-state index contributed by atoms with van der Waals surface area (Å²) in [5.41, 5.74) is 0. The van der Waals surface area contributed by atoms with Gasteiger partial charge in [-0.3, -0.25) is 0 Å². The third-order valence-electron chi connectivity index (χ3n) is 4.02. The van der Waals surface area contributed by atoms with Crippen molar-refractivity contribution in [2.24, 2.45) is 11.8 Å². The van der Waals surface area contributed by atoms with Gasteiger partial charge in [-0.1, -0.05) is 0 Å². The summed E-state index contributed by atoms with van der Waals surface area (Å²) in [6.07, 6.45) is 0.560. The average molecular weight is 235 g/mol. The van der Waals surface area contributed by atoms with Crippen molar-refractivity contribution in [3.63, 3.8) is 0 Å². The minimum atomic E-state index is -3.98. The van der Waals surface area contributed by atoms with Crippen LogP contribution < -0.4 is 5.32 Å². The first kappa shape index (κ1) is 12.2. The Labute approximate surface area is 94.8 Å². The molecule has 1 N–H and O–H groups in total. The molecule has 1 nitrogen and oxygen atoms in total. The van der Waals surface area contributed by atoms with Crippen LogP contribution >= 0.6 is 0 Å². The Morgan fingerprint density at radius 3 is 2.00 bits per heavy atom. The fraction of sp³-hybridized carbons (Fsp3) is 1.00. The van der Waals surface area contributed by atoms with Crippen LogP contribution in [0.2, 0.25) is 0 Å². The maximum absolute atomic E-state index is 12.4. The molecule has 0 heterocycles. The molecule has 0 aliphatic heterocycles. The fourth-order valence-electron chi connectivity index (χ4n) is 2.69. The molecule has 0 spiro atoms. The number of hydrogen-bond donors (Lipinski definition) is 1. The van der Waals surface area contributed by atoms with E-state index >= 15 is 0 Å². The molecule has 2 saturated carbocycles. The number of halogens is 3. The number of alkyl halides is 3. The normalized spacial score (nSPS) is 33.8. The van der Waals surface area contributed by atoms with E-state index in [1.807, 2.05) is 0 Å². The van der Waals surface area contributed by atoms with Crippen LogP contribution in [0.3, 0.4) is 0 Å². The summed E-state index contributed by atoms with van der Waals surface area (Å²) in [6.45, 7) is 2.16. The van der Waals surface area contributed by atoms with Crippen molar-refractivity contribution in [2.75, 3.05) is 0 Å². The molecule has 0 aromatic rings. The van der Waals surface area contributed by atoms with E-state index in [2.05, 4.69) is 12.2 Å². The van der Waals surface area contributed by atoms with Gasteiger partial charge in [0, 0.05) is 12.1 Å². The zero-order valence-electron chi connectivity index (χ0n) is 9.69. The molecular weight excluding hydrogens is 215 g/mol. The smallest absolute Gasteiger partial charge is 0.311 e. The lowest BCUT2D eigenvalue weighted by Gasteiger charge is -2.32. The quantitative estimate of drug-likeness (QED) is 0.789. The molecule has 0 bridgehead atoms. The van der Waals surface area contributed by atoms with E-state index in [-0.39, 0.29) is 0 Å². The second-order valence-electron chi connectivity index (χ2n) is 5.38. The summed E-state index contributed by atoms with van der Waals surface area (Å²) in [5, 5.41) is 3.49. The van der Waals surface area contributed by atoms with Crippen LogP contribution in [0.15, 0.2) is 0 Å². The molecule has 2 aliphatic carbocycles.